The zero-order chi connectivity index (χ0) is 16.7. The van der Waals surface area contributed by atoms with Crippen molar-refractivity contribution < 1.29 is 13.6 Å². The summed E-state index contributed by atoms with van der Waals surface area (Å²) >= 11 is 1.08. The number of hydrogen-bond acceptors (Lipinski definition) is 4. The van der Waals surface area contributed by atoms with Crippen LogP contribution in [-0.4, -0.2) is 15.5 Å². The molecule has 0 spiro atoms. The molecule has 118 valence electrons. The Balaban J connectivity index is 2.01. The van der Waals surface area contributed by atoms with Crippen LogP contribution in [-0.2, 0) is 7.05 Å². The number of anilines is 1. The Morgan fingerprint density at radius 2 is 2.04 bits per heavy atom. The molecule has 0 aliphatic heterocycles. The molecule has 0 unspecified atom stereocenters. The van der Waals surface area contributed by atoms with E-state index in [1.54, 1.807) is 14.0 Å². The number of amides is 1. The number of carbonyl (C=O) groups is 1. The molecule has 3 aromatic rings. The summed E-state index contributed by atoms with van der Waals surface area (Å²) in [5, 5.41) is 2.87. The summed E-state index contributed by atoms with van der Waals surface area (Å²) < 4.78 is 27.4. The predicted molar refractivity (Wildman–Crippen MR) is 83.9 cm³/mol. The molecule has 5 nitrogen and oxygen atoms in total. The molecule has 0 saturated carbocycles. The van der Waals surface area contributed by atoms with Gasteiger partial charge in [-0.25, -0.2) is 13.8 Å². The van der Waals surface area contributed by atoms with E-state index >= 15 is 0 Å². The number of thiophene rings is 1. The fourth-order valence-electron chi connectivity index (χ4n) is 2.19. The van der Waals surface area contributed by atoms with Gasteiger partial charge >= 0.3 is 0 Å². The maximum absolute atomic E-state index is 13.2. The average Bonchev–Trinajstić information content (AvgIpc) is 2.84. The summed E-state index contributed by atoms with van der Waals surface area (Å²) in [5.41, 5.74) is 0.404. The normalized spacial score (nSPS) is 11.0. The van der Waals surface area contributed by atoms with Gasteiger partial charge < -0.3 is 9.88 Å². The zero-order valence-electron chi connectivity index (χ0n) is 12.2. The number of nitrogens with one attached hydrogen (secondary N) is 1. The van der Waals surface area contributed by atoms with Gasteiger partial charge in [0, 0.05) is 18.8 Å². The highest BCUT2D eigenvalue weighted by Crippen LogP contribution is 2.27. The molecule has 8 heteroatoms. The van der Waals surface area contributed by atoms with Crippen LogP contribution in [0.25, 0.3) is 10.2 Å². The van der Waals surface area contributed by atoms with Gasteiger partial charge in [-0.15, -0.1) is 11.3 Å². The number of aryl methyl sites for hydroxylation is 2. The van der Waals surface area contributed by atoms with E-state index in [0.717, 1.165) is 23.5 Å². The van der Waals surface area contributed by atoms with Gasteiger partial charge in [-0.05, 0) is 24.6 Å². The Kier molecular flexibility index (Phi) is 3.69. The Hall–Kier alpha value is -2.61. The van der Waals surface area contributed by atoms with Gasteiger partial charge in [0.1, 0.15) is 4.83 Å². The molecule has 0 fully saturated rings. The van der Waals surface area contributed by atoms with Crippen molar-refractivity contribution >= 4 is 33.1 Å². The van der Waals surface area contributed by atoms with Gasteiger partial charge in [-0.1, -0.05) is 0 Å². The monoisotopic (exact) mass is 335 g/mol. The lowest BCUT2D eigenvalue weighted by molar-refractivity contribution is 0.103. The summed E-state index contributed by atoms with van der Waals surface area (Å²) in [6.45, 7) is 1.65. The summed E-state index contributed by atoms with van der Waals surface area (Å²) in [7, 11) is 1.58. The van der Waals surface area contributed by atoms with Gasteiger partial charge in [0.05, 0.1) is 16.6 Å². The molecule has 3 rings (SSSR count). The molecule has 0 radical (unpaired) electrons. The van der Waals surface area contributed by atoms with Crippen LogP contribution >= 0.6 is 11.3 Å². The number of benzene rings is 1. The fourth-order valence-corrected chi connectivity index (χ4v) is 3.22. The Labute approximate surface area is 133 Å². The van der Waals surface area contributed by atoms with Gasteiger partial charge in [-0.3, -0.25) is 9.59 Å². The minimum atomic E-state index is -1.05. The number of fused-ring (bicyclic) bond motifs is 1. The molecule has 2 aromatic heterocycles. The van der Waals surface area contributed by atoms with E-state index in [9.17, 15) is 18.4 Å². The van der Waals surface area contributed by atoms with Crippen molar-refractivity contribution in [2.45, 2.75) is 6.92 Å². The summed E-state index contributed by atoms with van der Waals surface area (Å²) in [6.07, 6.45) is 1.39. The molecular formula is C15H11F2N3O2S. The lowest BCUT2D eigenvalue weighted by atomic mass is 10.2. The zero-order valence-corrected chi connectivity index (χ0v) is 13.0. The van der Waals surface area contributed by atoms with E-state index in [0.29, 0.717) is 20.7 Å². The lowest BCUT2D eigenvalue weighted by Gasteiger charge is -2.04. The molecule has 23 heavy (non-hydrogen) atoms. The quantitative estimate of drug-likeness (QED) is 0.783. The first-order valence-corrected chi connectivity index (χ1v) is 7.41. The molecule has 1 N–H and O–H groups in total. The van der Waals surface area contributed by atoms with Crippen molar-refractivity contribution in [3.8, 4) is 0 Å². The smallest absolute Gasteiger partial charge is 0.266 e. The van der Waals surface area contributed by atoms with Crippen LogP contribution < -0.4 is 10.9 Å². The highest BCUT2D eigenvalue weighted by Gasteiger charge is 2.19. The molecule has 2 heterocycles. The molecular weight excluding hydrogens is 324 g/mol. The highest BCUT2D eigenvalue weighted by atomic mass is 32.1. The van der Waals surface area contributed by atoms with Gasteiger partial charge in [0.15, 0.2) is 11.6 Å². The van der Waals surface area contributed by atoms with Crippen molar-refractivity contribution in [1.82, 2.24) is 9.55 Å². The number of nitrogens with zero attached hydrogens (tertiary/aromatic N) is 2. The molecule has 0 aliphatic rings. The lowest BCUT2D eigenvalue weighted by Crippen LogP contribution is -2.17. The van der Waals surface area contributed by atoms with Crippen LogP contribution in [0, 0.1) is 18.6 Å². The van der Waals surface area contributed by atoms with E-state index in [2.05, 4.69) is 10.3 Å². The van der Waals surface area contributed by atoms with Crippen LogP contribution in [0.1, 0.15) is 15.2 Å². The topological polar surface area (TPSA) is 64.0 Å². The van der Waals surface area contributed by atoms with Crippen LogP contribution in [0.2, 0.25) is 0 Å². The van der Waals surface area contributed by atoms with Crippen molar-refractivity contribution in [3.05, 3.63) is 57.0 Å². The summed E-state index contributed by atoms with van der Waals surface area (Å²) in [6, 6.07) is 3.09. The van der Waals surface area contributed by atoms with Crippen LogP contribution in [0.15, 0.2) is 29.3 Å². The maximum atomic E-state index is 13.2. The van der Waals surface area contributed by atoms with Crippen molar-refractivity contribution in [2.75, 3.05) is 5.32 Å². The molecule has 0 aliphatic carbocycles. The standard InChI is InChI=1S/C15H11F2N3O2S/c1-7-11-14(18-6-20(2)15(11)22)23-12(7)13(21)19-8-3-4-9(16)10(17)5-8/h3-6H,1-2H3,(H,19,21). The third-order valence-electron chi connectivity index (χ3n) is 3.39. The van der Waals surface area contributed by atoms with Gasteiger partial charge in [-0.2, -0.15) is 0 Å². The molecule has 0 bridgehead atoms. The van der Waals surface area contributed by atoms with E-state index in [4.69, 9.17) is 0 Å². The summed E-state index contributed by atoms with van der Waals surface area (Å²) in [4.78, 5) is 29.4. The molecule has 0 saturated heterocycles. The number of rotatable bonds is 2. The van der Waals surface area contributed by atoms with Crippen LogP contribution in [0.4, 0.5) is 14.5 Å². The fraction of sp³-hybridized carbons (Fsp3) is 0.133. The van der Waals surface area contributed by atoms with E-state index in [-0.39, 0.29) is 11.2 Å². The first-order valence-electron chi connectivity index (χ1n) is 6.59. The van der Waals surface area contributed by atoms with Crippen molar-refractivity contribution in [1.29, 1.82) is 0 Å². The second-order valence-electron chi connectivity index (χ2n) is 4.98. The Morgan fingerprint density at radius 1 is 1.30 bits per heavy atom. The second-order valence-corrected chi connectivity index (χ2v) is 5.98. The SMILES string of the molecule is Cc1c(C(=O)Nc2ccc(F)c(F)c2)sc2ncn(C)c(=O)c12. The average molecular weight is 335 g/mol. The van der Waals surface area contributed by atoms with Crippen LogP contribution in [0.5, 0.6) is 0 Å². The number of halogens is 2. The predicted octanol–water partition coefficient (Wildman–Crippen LogP) is 2.83. The maximum Gasteiger partial charge on any atom is 0.266 e. The number of aromatic nitrogens is 2. The summed E-state index contributed by atoms with van der Waals surface area (Å²) in [5.74, 6) is -2.54. The minimum absolute atomic E-state index is 0.131. The van der Waals surface area contributed by atoms with Gasteiger partial charge in [0.2, 0.25) is 0 Å². The van der Waals surface area contributed by atoms with E-state index in [1.165, 1.54) is 17.0 Å². The highest BCUT2D eigenvalue weighted by molar-refractivity contribution is 7.20. The van der Waals surface area contributed by atoms with Crippen molar-refractivity contribution in [3.63, 3.8) is 0 Å². The third-order valence-corrected chi connectivity index (χ3v) is 4.59. The first-order chi connectivity index (χ1) is 10.9. The number of hydrogen-bond donors (Lipinski definition) is 1. The largest absolute Gasteiger partial charge is 0.321 e. The van der Waals surface area contributed by atoms with E-state index < -0.39 is 17.5 Å². The minimum Gasteiger partial charge on any atom is -0.321 e. The Morgan fingerprint density at radius 3 is 2.74 bits per heavy atom. The van der Waals surface area contributed by atoms with E-state index in [1.807, 2.05) is 0 Å². The van der Waals surface area contributed by atoms with Crippen molar-refractivity contribution in [2.24, 2.45) is 7.05 Å². The second kappa shape index (κ2) is 5.54. The first kappa shape index (κ1) is 15.3. The third kappa shape index (κ3) is 2.61. The molecule has 0 atom stereocenters. The van der Waals surface area contributed by atoms with Crippen LogP contribution in [0.3, 0.4) is 0 Å². The number of carbonyl (C=O) groups excluding carboxylic acids is 1. The van der Waals surface area contributed by atoms with Gasteiger partial charge in [0.25, 0.3) is 11.5 Å². The Bertz CT molecular complexity index is 994. The molecule has 1 amide bonds. The molecule has 1 aromatic carbocycles.